The summed E-state index contributed by atoms with van der Waals surface area (Å²) in [4.78, 5) is 4.17. The van der Waals surface area contributed by atoms with E-state index in [0.717, 1.165) is 30.1 Å². The second kappa shape index (κ2) is 3.38. The Morgan fingerprint density at radius 3 is 3.07 bits per heavy atom. The van der Waals surface area contributed by atoms with Crippen molar-refractivity contribution in [3.05, 3.63) is 9.85 Å². The van der Waals surface area contributed by atoms with Crippen molar-refractivity contribution in [2.75, 3.05) is 11.9 Å². The van der Waals surface area contributed by atoms with Gasteiger partial charge in [-0.15, -0.1) is 11.3 Å². The minimum Gasteiger partial charge on any atom is -0.369 e. The average Bonchev–Trinajstić information content (AvgIpc) is 3.03. The zero-order valence-electron chi connectivity index (χ0n) is 7.87. The molecule has 0 aliphatic heterocycles. The van der Waals surface area contributed by atoms with Crippen molar-refractivity contribution in [3.63, 3.8) is 0 Å². The molecule has 2 aliphatic carbocycles. The lowest BCUT2D eigenvalue weighted by Gasteiger charge is -2.00. The van der Waals surface area contributed by atoms with Gasteiger partial charge in [-0.2, -0.15) is 0 Å². The molecule has 1 aromatic rings. The molecular weight excluding hydrogens is 216 g/mol. The molecule has 1 aromatic heterocycles. The molecule has 2 fully saturated rings. The first-order valence-electron chi connectivity index (χ1n) is 5.18. The van der Waals surface area contributed by atoms with Crippen LogP contribution in [0, 0.1) is 17.8 Å². The largest absolute Gasteiger partial charge is 0.369 e. The lowest BCUT2D eigenvalue weighted by Crippen LogP contribution is -2.05. The summed E-state index contributed by atoms with van der Waals surface area (Å²) in [6.45, 7) is 1.08. The molecule has 0 bridgehead atoms. The molecule has 14 heavy (non-hydrogen) atoms. The average molecular weight is 229 g/mol. The predicted molar refractivity (Wildman–Crippen MR) is 59.9 cm³/mol. The Hall–Kier alpha value is -0.280. The van der Waals surface area contributed by atoms with Gasteiger partial charge in [-0.05, 0) is 37.0 Å². The van der Waals surface area contributed by atoms with E-state index in [1.54, 1.807) is 0 Å². The molecule has 76 valence electrons. The van der Waals surface area contributed by atoms with Crippen LogP contribution < -0.4 is 5.32 Å². The highest BCUT2D eigenvalue weighted by Crippen LogP contribution is 2.54. The van der Waals surface area contributed by atoms with E-state index in [0.29, 0.717) is 4.47 Å². The van der Waals surface area contributed by atoms with Crippen LogP contribution in [0.5, 0.6) is 0 Å². The highest BCUT2D eigenvalue weighted by molar-refractivity contribution is 7.14. The van der Waals surface area contributed by atoms with Crippen molar-refractivity contribution in [2.24, 2.45) is 17.8 Å². The number of hydrogen-bond donors (Lipinski definition) is 1. The van der Waals surface area contributed by atoms with Crippen LogP contribution in [0.1, 0.15) is 19.3 Å². The maximum Gasteiger partial charge on any atom is 0.185 e. The third-order valence-corrected chi connectivity index (χ3v) is 4.20. The summed E-state index contributed by atoms with van der Waals surface area (Å²) in [6, 6.07) is 0. The maximum absolute atomic E-state index is 5.75. The molecule has 2 saturated carbocycles. The second-order valence-electron chi connectivity index (χ2n) is 4.36. The summed E-state index contributed by atoms with van der Waals surface area (Å²) >= 11 is 7.24. The molecule has 2 unspecified atom stereocenters. The first-order chi connectivity index (χ1) is 6.83. The molecule has 2 nitrogen and oxygen atoms in total. The van der Waals surface area contributed by atoms with Gasteiger partial charge in [-0.1, -0.05) is 11.6 Å². The van der Waals surface area contributed by atoms with E-state index in [1.165, 1.54) is 30.6 Å². The standard InChI is InChI=1S/C10H13ClN2S/c11-10-13-9(5-14-10)12-4-7-3-8(7)6-1-2-6/h5-8,12H,1-4H2. The Kier molecular flexibility index (Phi) is 2.17. The van der Waals surface area contributed by atoms with Gasteiger partial charge in [0.1, 0.15) is 5.82 Å². The van der Waals surface area contributed by atoms with Gasteiger partial charge in [-0.3, -0.25) is 0 Å². The van der Waals surface area contributed by atoms with Gasteiger partial charge in [0.25, 0.3) is 0 Å². The number of nitrogens with one attached hydrogen (secondary N) is 1. The number of rotatable bonds is 4. The Bertz CT molecular complexity index is 335. The SMILES string of the molecule is Clc1nc(NCC2CC2C2CC2)cs1. The number of nitrogens with zero attached hydrogens (tertiary/aromatic N) is 1. The fraction of sp³-hybridized carbons (Fsp3) is 0.700. The minimum absolute atomic E-state index is 0.627. The van der Waals surface area contributed by atoms with Gasteiger partial charge in [0.2, 0.25) is 0 Å². The molecule has 2 aliphatic rings. The molecule has 1 heterocycles. The minimum atomic E-state index is 0.627. The summed E-state index contributed by atoms with van der Waals surface area (Å²) in [5.74, 6) is 3.95. The lowest BCUT2D eigenvalue weighted by atomic mass is 10.2. The highest BCUT2D eigenvalue weighted by Gasteiger charge is 2.46. The van der Waals surface area contributed by atoms with Gasteiger partial charge >= 0.3 is 0 Å². The van der Waals surface area contributed by atoms with Gasteiger partial charge in [-0.25, -0.2) is 4.98 Å². The van der Waals surface area contributed by atoms with E-state index in [9.17, 15) is 0 Å². The zero-order chi connectivity index (χ0) is 9.54. The topological polar surface area (TPSA) is 24.9 Å². The molecule has 0 saturated heterocycles. The van der Waals surface area contributed by atoms with Crippen LogP contribution in [-0.4, -0.2) is 11.5 Å². The van der Waals surface area contributed by atoms with Gasteiger partial charge in [0.05, 0.1) is 0 Å². The van der Waals surface area contributed by atoms with Crippen LogP contribution in [0.2, 0.25) is 4.47 Å². The van der Waals surface area contributed by atoms with Crippen molar-refractivity contribution < 1.29 is 0 Å². The maximum atomic E-state index is 5.75. The molecule has 2 atom stereocenters. The van der Waals surface area contributed by atoms with Crippen LogP contribution in [0.3, 0.4) is 0 Å². The third-order valence-electron chi connectivity index (χ3n) is 3.23. The molecule has 0 radical (unpaired) electrons. The summed E-state index contributed by atoms with van der Waals surface area (Å²) < 4.78 is 0.627. The smallest absolute Gasteiger partial charge is 0.185 e. The van der Waals surface area contributed by atoms with Crippen molar-refractivity contribution in [1.29, 1.82) is 0 Å². The quantitative estimate of drug-likeness (QED) is 0.856. The second-order valence-corrected chi connectivity index (χ2v) is 5.80. The van der Waals surface area contributed by atoms with Crippen LogP contribution >= 0.6 is 22.9 Å². The summed E-state index contributed by atoms with van der Waals surface area (Å²) in [5.41, 5.74) is 0. The van der Waals surface area contributed by atoms with Crippen LogP contribution in [-0.2, 0) is 0 Å². The summed E-state index contributed by atoms with van der Waals surface area (Å²) in [6.07, 6.45) is 4.38. The van der Waals surface area contributed by atoms with Crippen LogP contribution in [0.25, 0.3) is 0 Å². The summed E-state index contributed by atoms with van der Waals surface area (Å²) in [5, 5.41) is 5.34. The zero-order valence-corrected chi connectivity index (χ0v) is 9.44. The van der Waals surface area contributed by atoms with E-state index >= 15 is 0 Å². The first kappa shape index (κ1) is 8.98. The fourth-order valence-electron chi connectivity index (χ4n) is 2.18. The Balaban J connectivity index is 1.46. The predicted octanol–water partition coefficient (Wildman–Crippen LogP) is 3.25. The van der Waals surface area contributed by atoms with E-state index < -0.39 is 0 Å². The van der Waals surface area contributed by atoms with E-state index in [-0.39, 0.29) is 0 Å². The summed E-state index contributed by atoms with van der Waals surface area (Å²) in [7, 11) is 0. The number of halogens is 1. The Labute approximate surface area is 92.7 Å². The first-order valence-corrected chi connectivity index (χ1v) is 6.43. The van der Waals surface area contributed by atoms with Gasteiger partial charge < -0.3 is 5.32 Å². The number of anilines is 1. The number of thiazole rings is 1. The molecule has 1 N–H and O–H groups in total. The van der Waals surface area contributed by atoms with E-state index in [1.807, 2.05) is 5.38 Å². The van der Waals surface area contributed by atoms with Crippen molar-refractivity contribution in [1.82, 2.24) is 4.98 Å². The van der Waals surface area contributed by atoms with Gasteiger partial charge in [0.15, 0.2) is 4.47 Å². The van der Waals surface area contributed by atoms with Crippen LogP contribution in [0.4, 0.5) is 5.82 Å². The molecule has 3 rings (SSSR count). The van der Waals surface area contributed by atoms with Crippen molar-refractivity contribution in [3.8, 4) is 0 Å². The van der Waals surface area contributed by atoms with E-state index in [4.69, 9.17) is 11.6 Å². The molecule has 0 amide bonds. The van der Waals surface area contributed by atoms with Gasteiger partial charge in [0, 0.05) is 11.9 Å². The normalized spacial score (nSPS) is 30.4. The van der Waals surface area contributed by atoms with Crippen molar-refractivity contribution >= 4 is 28.8 Å². The lowest BCUT2D eigenvalue weighted by molar-refractivity contribution is 0.642. The Morgan fingerprint density at radius 1 is 1.57 bits per heavy atom. The molecular formula is C10H13ClN2S. The molecule has 0 aromatic carbocycles. The fourth-order valence-corrected chi connectivity index (χ4v) is 2.90. The highest BCUT2D eigenvalue weighted by atomic mass is 35.5. The number of aromatic nitrogens is 1. The van der Waals surface area contributed by atoms with Crippen molar-refractivity contribution in [2.45, 2.75) is 19.3 Å². The number of hydrogen-bond acceptors (Lipinski definition) is 3. The van der Waals surface area contributed by atoms with Crippen LogP contribution in [0.15, 0.2) is 5.38 Å². The molecule has 0 spiro atoms. The Morgan fingerprint density at radius 2 is 2.43 bits per heavy atom. The van der Waals surface area contributed by atoms with E-state index in [2.05, 4.69) is 10.3 Å². The molecule has 4 heteroatoms. The monoisotopic (exact) mass is 228 g/mol. The third kappa shape index (κ3) is 1.89.